The molecule has 1 nitrogen and oxygen atoms in total. The molecule has 2 fully saturated rings. The number of halogens is 1. The van der Waals surface area contributed by atoms with E-state index in [1.54, 1.807) is 6.92 Å². The summed E-state index contributed by atoms with van der Waals surface area (Å²) in [4.78, 5) is 0. The molecule has 0 aromatic rings. The Morgan fingerprint density at radius 3 is 2.00 bits per heavy atom. The monoisotopic (exact) mass is 129 g/mol. The van der Waals surface area contributed by atoms with Gasteiger partial charge in [0.05, 0.1) is 0 Å². The summed E-state index contributed by atoms with van der Waals surface area (Å²) in [5.74, 6) is 0. The van der Waals surface area contributed by atoms with Gasteiger partial charge in [0.1, 0.15) is 5.67 Å². The standard InChI is InChI=1S/C7H12FN/c1-6(8)2-3-7(6)4-9-5-7/h9H,2-5H2,1H3. The summed E-state index contributed by atoms with van der Waals surface area (Å²) in [5, 5.41) is 3.12. The average Bonchev–Trinajstić information content (AvgIpc) is 1.59. The first-order valence-electron chi connectivity index (χ1n) is 3.56. The molecule has 1 atom stereocenters. The van der Waals surface area contributed by atoms with Gasteiger partial charge in [-0.15, -0.1) is 0 Å². The molecule has 1 aliphatic carbocycles. The highest BCUT2D eigenvalue weighted by atomic mass is 19.1. The Labute approximate surface area is 54.6 Å². The second kappa shape index (κ2) is 1.31. The summed E-state index contributed by atoms with van der Waals surface area (Å²) in [5.41, 5.74) is -0.786. The second-order valence-electron chi connectivity index (χ2n) is 3.58. The van der Waals surface area contributed by atoms with E-state index in [9.17, 15) is 4.39 Å². The average molecular weight is 129 g/mol. The van der Waals surface area contributed by atoms with Crippen molar-refractivity contribution in [2.45, 2.75) is 25.4 Å². The zero-order valence-electron chi connectivity index (χ0n) is 5.71. The van der Waals surface area contributed by atoms with Crippen LogP contribution in [-0.2, 0) is 0 Å². The smallest absolute Gasteiger partial charge is 0.116 e. The molecule has 1 unspecified atom stereocenters. The summed E-state index contributed by atoms with van der Waals surface area (Å²) >= 11 is 0. The van der Waals surface area contributed by atoms with Crippen molar-refractivity contribution in [1.29, 1.82) is 0 Å². The predicted molar refractivity (Wildman–Crippen MR) is 34.0 cm³/mol. The Hall–Kier alpha value is -0.110. The molecule has 0 aromatic carbocycles. The maximum absolute atomic E-state index is 13.3. The molecule has 2 heteroatoms. The lowest BCUT2D eigenvalue weighted by Gasteiger charge is -2.58. The van der Waals surface area contributed by atoms with Gasteiger partial charge in [-0.1, -0.05) is 0 Å². The lowest BCUT2D eigenvalue weighted by atomic mass is 9.55. The van der Waals surface area contributed by atoms with E-state index in [0.29, 0.717) is 0 Å². The van der Waals surface area contributed by atoms with E-state index in [4.69, 9.17) is 0 Å². The van der Waals surface area contributed by atoms with Crippen molar-refractivity contribution in [3.8, 4) is 0 Å². The van der Waals surface area contributed by atoms with Crippen LogP contribution in [0.2, 0.25) is 0 Å². The first kappa shape index (κ1) is 5.66. The van der Waals surface area contributed by atoms with Crippen LogP contribution >= 0.6 is 0 Å². The first-order chi connectivity index (χ1) is 4.16. The van der Waals surface area contributed by atoms with Gasteiger partial charge in [0.2, 0.25) is 0 Å². The molecule has 1 aliphatic heterocycles. The number of hydrogen-bond acceptors (Lipinski definition) is 1. The minimum atomic E-state index is -0.849. The van der Waals surface area contributed by atoms with Crippen molar-refractivity contribution in [3.05, 3.63) is 0 Å². The van der Waals surface area contributed by atoms with Crippen LogP contribution in [0.15, 0.2) is 0 Å². The Morgan fingerprint density at radius 1 is 1.33 bits per heavy atom. The van der Waals surface area contributed by atoms with E-state index >= 15 is 0 Å². The van der Waals surface area contributed by atoms with Gasteiger partial charge in [-0.25, -0.2) is 4.39 Å². The third-order valence-corrected chi connectivity index (χ3v) is 3.11. The Kier molecular flexibility index (Phi) is 0.825. The molecule has 1 spiro atoms. The van der Waals surface area contributed by atoms with Crippen LogP contribution in [0, 0.1) is 5.41 Å². The fourth-order valence-corrected chi connectivity index (χ4v) is 1.80. The van der Waals surface area contributed by atoms with Gasteiger partial charge in [0.25, 0.3) is 0 Å². The molecule has 1 saturated heterocycles. The molecule has 1 saturated carbocycles. The molecule has 2 rings (SSSR count). The normalized spacial score (nSPS) is 46.0. The van der Waals surface area contributed by atoms with Gasteiger partial charge in [-0.05, 0) is 19.8 Å². The maximum Gasteiger partial charge on any atom is 0.116 e. The summed E-state index contributed by atoms with van der Waals surface area (Å²) in [6.45, 7) is 3.54. The maximum atomic E-state index is 13.3. The van der Waals surface area contributed by atoms with E-state index in [-0.39, 0.29) is 5.41 Å². The van der Waals surface area contributed by atoms with Gasteiger partial charge in [0, 0.05) is 18.5 Å². The van der Waals surface area contributed by atoms with E-state index in [1.807, 2.05) is 0 Å². The summed E-state index contributed by atoms with van der Waals surface area (Å²) in [6.07, 6.45) is 1.86. The Bertz CT molecular complexity index is 132. The molecule has 0 radical (unpaired) electrons. The van der Waals surface area contributed by atoms with Crippen LogP contribution in [-0.4, -0.2) is 18.8 Å². The topological polar surface area (TPSA) is 12.0 Å². The van der Waals surface area contributed by atoms with Gasteiger partial charge in [-0.3, -0.25) is 0 Å². The van der Waals surface area contributed by atoms with Crippen molar-refractivity contribution in [2.24, 2.45) is 5.41 Å². The largest absolute Gasteiger partial charge is 0.315 e. The molecule has 0 aromatic heterocycles. The molecular weight excluding hydrogens is 117 g/mol. The molecule has 2 aliphatic rings. The molecule has 9 heavy (non-hydrogen) atoms. The minimum absolute atomic E-state index is 0.0625. The van der Waals surface area contributed by atoms with E-state index in [2.05, 4.69) is 5.32 Å². The van der Waals surface area contributed by atoms with Crippen molar-refractivity contribution in [3.63, 3.8) is 0 Å². The zero-order valence-corrected chi connectivity index (χ0v) is 5.71. The number of alkyl halides is 1. The molecule has 0 amide bonds. The molecule has 52 valence electrons. The summed E-state index contributed by atoms with van der Waals surface area (Å²) in [6, 6.07) is 0. The number of hydrogen-bond donors (Lipinski definition) is 1. The molecular formula is C7H12FN. The van der Waals surface area contributed by atoms with Crippen LogP contribution < -0.4 is 5.32 Å². The Balaban J connectivity index is 2.13. The fourth-order valence-electron chi connectivity index (χ4n) is 1.80. The van der Waals surface area contributed by atoms with Crippen molar-refractivity contribution in [2.75, 3.05) is 13.1 Å². The van der Waals surface area contributed by atoms with Crippen LogP contribution in [0.4, 0.5) is 4.39 Å². The predicted octanol–water partition coefficient (Wildman–Crippen LogP) is 1.10. The highest BCUT2D eigenvalue weighted by Gasteiger charge is 2.59. The van der Waals surface area contributed by atoms with Gasteiger partial charge < -0.3 is 5.32 Å². The highest BCUT2D eigenvalue weighted by molar-refractivity contribution is 5.12. The van der Waals surface area contributed by atoms with Crippen molar-refractivity contribution in [1.82, 2.24) is 5.32 Å². The molecule has 1 N–H and O–H groups in total. The van der Waals surface area contributed by atoms with Crippen molar-refractivity contribution >= 4 is 0 Å². The highest BCUT2D eigenvalue weighted by Crippen LogP contribution is 2.54. The zero-order chi connectivity index (χ0) is 6.54. The van der Waals surface area contributed by atoms with Gasteiger partial charge in [0.15, 0.2) is 0 Å². The summed E-state index contributed by atoms with van der Waals surface area (Å²) < 4.78 is 13.3. The molecule has 1 heterocycles. The SMILES string of the molecule is CC1(F)CCC12CNC2. The third kappa shape index (κ3) is 0.480. The van der Waals surface area contributed by atoms with Crippen LogP contribution in [0.3, 0.4) is 0 Å². The minimum Gasteiger partial charge on any atom is -0.315 e. The quantitative estimate of drug-likeness (QED) is 0.516. The van der Waals surface area contributed by atoms with Crippen LogP contribution in [0.1, 0.15) is 19.8 Å². The summed E-state index contributed by atoms with van der Waals surface area (Å²) in [7, 11) is 0. The van der Waals surface area contributed by atoms with Crippen LogP contribution in [0.25, 0.3) is 0 Å². The van der Waals surface area contributed by atoms with Gasteiger partial charge >= 0.3 is 0 Å². The van der Waals surface area contributed by atoms with Crippen LogP contribution in [0.5, 0.6) is 0 Å². The molecule has 0 bridgehead atoms. The third-order valence-electron chi connectivity index (χ3n) is 3.11. The Morgan fingerprint density at radius 2 is 2.00 bits per heavy atom. The number of nitrogens with one attached hydrogen (secondary N) is 1. The fraction of sp³-hybridized carbons (Fsp3) is 1.00. The van der Waals surface area contributed by atoms with Crippen molar-refractivity contribution < 1.29 is 4.39 Å². The van der Waals surface area contributed by atoms with Gasteiger partial charge in [-0.2, -0.15) is 0 Å². The van der Waals surface area contributed by atoms with E-state index < -0.39 is 5.67 Å². The first-order valence-corrected chi connectivity index (χ1v) is 3.56. The van der Waals surface area contributed by atoms with E-state index in [1.165, 1.54) is 0 Å². The second-order valence-corrected chi connectivity index (χ2v) is 3.58. The lowest BCUT2D eigenvalue weighted by Crippen LogP contribution is -2.69. The lowest BCUT2D eigenvalue weighted by molar-refractivity contribution is -0.124. The van der Waals surface area contributed by atoms with E-state index in [0.717, 1.165) is 25.9 Å². The number of rotatable bonds is 0.